The second-order valence-electron chi connectivity index (χ2n) is 1.56. The highest BCUT2D eigenvalue weighted by Gasteiger charge is 1.71. The van der Waals surface area contributed by atoms with Crippen LogP contribution >= 0.6 is 0 Å². The summed E-state index contributed by atoms with van der Waals surface area (Å²) in [5.74, 6) is 0.478. The van der Waals surface area contributed by atoms with Crippen molar-refractivity contribution >= 4 is 20.5 Å². The summed E-state index contributed by atoms with van der Waals surface area (Å²) in [5.41, 5.74) is 0. The topological polar surface area (TPSA) is 17.1 Å². The molecule has 0 rings (SSSR count). The van der Waals surface area contributed by atoms with E-state index in [2.05, 4.69) is 17.8 Å². The zero-order chi connectivity index (χ0) is 7.82. The molecule has 1 atom stereocenters. The summed E-state index contributed by atoms with van der Waals surface area (Å²) in [4.78, 5) is 0. The SMILES string of the molecule is C=C/C=C\C=C/C[SH](=O)=S. The first kappa shape index (κ1) is 9.59. The molecule has 0 aromatic heterocycles. The van der Waals surface area contributed by atoms with Crippen molar-refractivity contribution in [3.63, 3.8) is 0 Å². The summed E-state index contributed by atoms with van der Waals surface area (Å²) < 4.78 is 10.3. The molecule has 0 bridgehead atoms. The van der Waals surface area contributed by atoms with Crippen LogP contribution < -0.4 is 0 Å². The third-order valence-corrected chi connectivity index (χ3v) is 1.71. The molecule has 0 aromatic carbocycles. The molecular formula is C7H10OS2. The first-order valence-electron chi connectivity index (χ1n) is 2.83. The second kappa shape index (κ2) is 6.71. The van der Waals surface area contributed by atoms with Gasteiger partial charge in [0.2, 0.25) is 0 Å². The highest BCUT2D eigenvalue weighted by atomic mass is 32.8. The fraction of sp³-hybridized carbons (Fsp3) is 0.143. The summed E-state index contributed by atoms with van der Waals surface area (Å²) in [6.45, 7) is 3.49. The number of allylic oxidation sites excluding steroid dienone is 4. The van der Waals surface area contributed by atoms with Crippen LogP contribution in [0.1, 0.15) is 0 Å². The third kappa shape index (κ3) is 7.59. The van der Waals surface area contributed by atoms with E-state index >= 15 is 0 Å². The van der Waals surface area contributed by atoms with Crippen molar-refractivity contribution in [2.45, 2.75) is 0 Å². The highest BCUT2D eigenvalue weighted by Crippen LogP contribution is 1.78. The van der Waals surface area contributed by atoms with Crippen LogP contribution in [0.2, 0.25) is 0 Å². The molecule has 0 heterocycles. The van der Waals surface area contributed by atoms with E-state index < -0.39 is 9.36 Å². The zero-order valence-corrected chi connectivity index (χ0v) is 7.28. The minimum Gasteiger partial charge on any atom is -0.260 e. The van der Waals surface area contributed by atoms with Gasteiger partial charge >= 0.3 is 0 Å². The summed E-state index contributed by atoms with van der Waals surface area (Å²) in [7, 11) is -1.43. The van der Waals surface area contributed by atoms with Crippen molar-refractivity contribution in [1.29, 1.82) is 0 Å². The Morgan fingerprint density at radius 1 is 1.40 bits per heavy atom. The lowest BCUT2D eigenvalue weighted by molar-refractivity contribution is 0.694. The molecule has 0 N–H and O–H groups in total. The van der Waals surface area contributed by atoms with Crippen LogP contribution in [-0.2, 0) is 20.5 Å². The molecule has 0 saturated carbocycles. The van der Waals surface area contributed by atoms with Crippen LogP contribution in [-0.4, -0.2) is 9.96 Å². The van der Waals surface area contributed by atoms with Gasteiger partial charge in [0.15, 0.2) is 0 Å². The molecule has 10 heavy (non-hydrogen) atoms. The molecule has 1 nitrogen and oxygen atoms in total. The molecule has 3 heteroatoms. The van der Waals surface area contributed by atoms with Crippen molar-refractivity contribution in [2.75, 3.05) is 5.75 Å². The molecule has 0 amide bonds. The standard InChI is InChI=1S/C7H10OS2/c1-2-3-4-5-6-7-10(8)9/h2-6,10H,1,7H2/b4-3-,6-5-. The molecule has 0 fully saturated rings. The van der Waals surface area contributed by atoms with Gasteiger partial charge in [-0.25, -0.2) is 0 Å². The third-order valence-electron chi connectivity index (χ3n) is 0.749. The summed E-state index contributed by atoms with van der Waals surface area (Å²) in [6.07, 6.45) is 8.89. The van der Waals surface area contributed by atoms with Gasteiger partial charge in [-0.05, 0) is 11.2 Å². The van der Waals surface area contributed by atoms with Crippen LogP contribution in [0.15, 0.2) is 37.0 Å². The van der Waals surface area contributed by atoms with Crippen molar-refractivity contribution in [1.82, 2.24) is 0 Å². The Balaban J connectivity index is 3.56. The van der Waals surface area contributed by atoms with Crippen molar-refractivity contribution in [2.24, 2.45) is 0 Å². The normalized spacial score (nSPS) is 14.4. The van der Waals surface area contributed by atoms with Gasteiger partial charge in [-0.2, -0.15) is 0 Å². The largest absolute Gasteiger partial charge is 0.260 e. The minimum atomic E-state index is -1.43. The van der Waals surface area contributed by atoms with E-state index in [0.29, 0.717) is 5.75 Å². The molecule has 0 aliphatic rings. The van der Waals surface area contributed by atoms with Gasteiger partial charge < -0.3 is 0 Å². The fourth-order valence-electron chi connectivity index (χ4n) is 0.368. The van der Waals surface area contributed by atoms with E-state index in [9.17, 15) is 4.21 Å². The van der Waals surface area contributed by atoms with Crippen LogP contribution in [0.4, 0.5) is 0 Å². The van der Waals surface area contributed by atoms with Crippen LogP contribution in [0.5, 0.6) is 0 Å². The van der Waals surface area contributed by atoms with Crippen molar-refractivity contribution in [3.05, 3.63) is 37.0 Å². The van der Waals surface area contributed by atoms with Crippen LogP contribution in [0.25, 0.3) is 0 Å². The maximum atomic E-state index is 10.3. The summed E-state index contributed by atoms with van der Waals surface area (Å²) in [6, 6.07) is 0. The Hall–Kier alpha value is -0.410. The average molecular weight is 174 g/mol. The quantitative estimate of drug-likeness (QED) is 0.510. The Morgan fingerprint density at radius 3 is 2.60 bits per heavy atom. The molecular weight excluding hydrogens is 164 g/mol. The van der Waals surface area contributed by atoms with Gasteiger partial charge in [0, 0.05) is 15.1 Å². The van der Waals surface area contributed by atoms with Gasteiger partial charge in [-0.15, -0.1) is 0 Å². The molecule has 56 valence electrons. The fourth-order valence-corrected chi connectivity index (χ4v) is 0.920. The molecule has 1 unspecified atom stereocenters. The van der Waals surface area contributed by atoms with E-state index in [4.69, 9.17) is 0 Å². The number of hydrogen-bond donors (Lipinski definition) is 1. The Bertz CT molecular complexity index is 204. The highest BCUT2D eigenvalue weighted by molar-refractivity contribution is 8.21. The van der Waals surface area contributed by atoms with E-state index in [1.54, 1.807) is 24.3 Å². The smallest absolute Gasteiger partial charge is 0.0415 e. The number of thiol groups is 1. The van der Waals surface area contributed by atoms with Gasteiger partial charge in [0.25, 0.3) is 0 Å². The van der Waals surface area contributed by atoms with E-state index in [0.717, 1.165) is 0 Å². The van der Waals surface area contributed by atoms with Crippen molar-refractivity contribution < 1.29 is 4.21 Å². The molecule has 0 radical (unpaired) electrons. The number of hydrogen-bond acceptors (Lipinski definition) is 2. The molecule has 0 saturated heterocycles. The average Bonchev–Trinajstić information content (AvgIpc) is 1.87. The Kier molecular flexibility index (Phi) is 6.43. The summed E-state index contributed by atoms with van der Waals surface area (Å²) >= 11 is 4.47. The maximum absolute atomic E-state index is 10.3. The first-order valence-corrected chi connectivity index (χ1v) is 5.29. The number of rotatable bonds is 4. The summed E-state index contributed by atoms with van der Waals surface area (Å²) in [5, 5.41) is 0. The lowest BCUT2D eigenvalue weighted by Gasteiger charge is -1.75. The Labute approximate surface area is 67.8 Å². The molecule has 0 aromatic rings. The monoisotopic (exact) mass is 174 g/mol. The van der Waals surface area contributed by atoms with Gasteiger partial charge in [0.05, 0.1) is 0 Å². The zero-order valence-electron chi connectivity index (χ0n) is 5.56. The first-order chi connectivity index (χ1) is 4.77. The molecule has 0 spiro atoms. The lowest BCUT2D eigenvalue weighted by Crippen LogP contribution is -1.76. The minimum absolute atomic E-state index is 0.478. The maximum Gasteiger partial charge on any atom is 0.0415 e. The van der Waals surface area contributed by atoms with Gasteiger partial charge in [0.1, 0.15) is 0 Å². The molecule has 0 aliphatic carbocycles. The van der Waals surface area contributed by atoms with E-state index in [1.807, 2.05) is 6.08 Å². The van der Waals surface area contributed by atoms with Crippen molar-refractivity contribution in [3.8, 4) is 0 Å². The Morgan fingerprint density at radius 2 is 2.10 bits per heavy atom. The van der Waals surface area contributed by atoms with Gasteiger partial charge in [-0.3, -0.25) is 4.21 Å². The van der Waals surface area contributed by atoms with E-state index in [-0.39, 0.29) is 0 Å². The predicted octanol–water partition coefficient (Wildman–Crippen LogP) is 1.23. The molecule has 0 aliphatic heterocycles. The second-order valence-corrected chi connectivity index (χ2v) is 3.82. The predicted molar refractivity (Wildman–Crippen MR) is 50.2 cm³/mol. The van der Waals surface area contributed by atoms with Gasteiger partial charge in [-0.1, -0.05) is 37.0 Å². The van der Waals surface area contributed by atoms with Crippen LogP contribution in [0, 0.1) is 0 Å². The van der Waals surface area contributed by atoms with E-state index in [1.165, 1.54) is 0 Å². The van der Waals surface area contributed by atoms with Crippen LogP contribution in [0.3, 0.4) is 0 Å². The lowest BCUT2D eigenvalue weighted by atomic mass is 10.4.